The van der Waals surface area contributed by atoms with Crippen molar-refractivity contribution < 1.29 is 9.59 Å². The fourth-order valence-corrected chi connectivity index (χ4v) is 7.20. The molecule has 0 radical (unpaired) electrons. The molecule has 3 heterocycles. The van der Waals surface area contributed by atoms with Gasteiger partial charge in [0, 0.05) is 73.7 Å². The SMILES string of the molecule is O=C(Nc1ccc(N2CCN(c3ccncc3)CC2)cc1)NC1N=C(C2CCCCC2)c2ccccc2N(CC2CCC2)C1=O. The normalized spacial score (nSPS) is 21.0. The van der Waals surface area contributed by atoms with Gasteiger partial charge < -0.3 is 25.3 Å². The van der Waals surface area contributed by atoms with Gasteiger partial charge >= 0.3 is 6.03 Å². The zero-order valence-corrected chi connectivity index (χ0v) is 25.9. The molecule has 3 amide bonds. The number of amides is 3. The number of para-hydroxylation sites is 1. The van der Waals surface area contributed by atoms with Crippen LogP contribution in [0.3, 0.4) is 0 Å². The molecule has 1 saturated heterocycles. The molecular weight excluding hydrogens is 562 g/mol. The number of rotatable bonds is 7. The van der Waals surface area contributed by atoms with Gasteiger partial charge in [-0.1, -0.05) is 43.9 Å². The van der Waals surface area contributed by atoms with Gasteiger partial charge in [-0.2, -0.15) is 0 Å². The Labute approximate surface area is 265 Å². The number of hydrogen-bond acceptors (Lipinski definition) is 6. The highest BCUT2D eigenvalue weighted by atomic mass is 16.2. The zero-order valence-electron chi connectivity index (χ0n) is 25.9. The van der Waals surface area contributed by atoms with Crippen molar-refractivity contribution in [3.63, 3.8) is 0 Å². The van der Waals surface area contributed by atoms with Gasteiger partial charge in [0.1, 0.15) is 0 Å². The van der Waals surface area contributed by atoms with Crippen molar-refractivity contribution in [2.75, 3.05) is 52.7 Å². The number of benzodiazepines with no additional fused rings is 1. The van der Waals surface area contributed by atoms with Crippen molar-refractivity contribution in [3.8, 4) is 0 Å². The summed E-state index contributed by atoms with van der Waals surface area (Å²) in [5.74, 6) is 0.629. The molecule has 2 aliphatic heterocycles. The lowest BCUT2D eigenvalue weighted by molar-refractivity contribution is -0.120. The van der Waals surface area contributed by atoms with E-state index in [2.05, 4.69) is 43.6 Å². The van der Waals surface area contributed by atoms with Crippen LogP contribution < -0.4 is 25.3 Å². The summed E-state index contributed by atoms with van der Waals surface area (Å²) in [5, 5.41) is 5.91. The maximum atomic E-state index is 14.1. The third-order valence-corrected chi connectivity index (χ3v) is 9.96. The Hall–Kier alpha value is -4.40. The summed E-state index contributed by atoms with van der Waals surface area (Å²) in [6.07, 6.45) is 11.9. The first-order chi connectivity index (χ1) is 22.1. The Kier molecular flexibility index (Phi) is 8.67. The molecule has 3 fully saturated rings. The molecule has 0 spiro atoms. The van der Waals surface area contributed by atoms with Gasteiger partial charge in [-0.25, -0.2) is 4.79 Å². The van der Waals surface area contributed by atoms with Crippen LogP contribution in [0.1, 0.15) is 56.9 Å². The van der Waals surface area contributed by atoms with Gasteiger partial charge in [0.15, 0.2) is 0 Å². The molecule has 2 aliphatic carbocycles. The quantitative estimate of drug-likeness (QED) is 0.341. The molecule has 234 valence electrons. The minimum atomic E-state index is -0.967. The smallest absolute Gasteiger partial charge is 0.321 e. The van der Waals surface area contributed by atoms with Crippen molar-refractivity contribution in [1.29, 1.82) is 0 Å². The zero-order chi connectivity index (χ0) is 30.6. The van der Waals surface area contributed by atoms with Gasteiger partial charge in [0.2, 0.25) is 6.17 Å². The van der Waals surface area contributed by atoms with Gasteiger partial charge in [0.05, 0.1) is 11.4 Å². The van der Waals surface area contributed by atoms with Gasteiger partial charge in [-0.3, -0.25) is 14.8 Å². The largest absolute Gasteiger partial charge is 0.368 e. The van der Waals surface area contributed by atoms with E-state index in [0.717, 1.165) is 74.5 Å². The van der Waals surface area contributed by atoms with E-state index in [1.807, 2.05) is 59.8 Å². The second-order valence-electron chi connectivity index (χ2n) is 12.8. The van der Waals surface area contributed by atoms with Crippen LogP contribution in [0.5, 0.6) is 0 Å². The van der Waals surface area contributed by atoms with E-state index in [-0.39, 0.29) is 5.91 Å². The van der Waals surface area contributed by atoms with Crippen LogP contribution in [0, 0.1) is 11.8 Å². The lowest BCUT2D eigenvalue weighted by atomic mass is 9.82. The minimum absolute atomic E-state index is 0.156. The van der Waals surface area contributed by atoms with Crippen LogP contribution in [0.4, 0.5) is 27.5 Å². The molecule has 9 nitrogen and oxygen atoms in total. The summed E-state index contributed by atoms with van der Waals surface area (Å²) in [4.78, 5) is 43.3. The van der Waals surface area contributed by atoms with Gasteiger partial charge in [-0.15, -0.1) is 0 Å². The van der Waals surface area contributed by atoms with Crippen molar-refractivity contribution in [1.82, 2.24) is 10.3 Å². The molecule has 1 aromatic heterocycles. The highest BCUT2D eigenvalue weighted by Gasteiger charge is 2.36. The fourth-order valence-electron chi connectivity index (χ4n) is 7.20. The Balaban J connectivity index is 1.04. The molecule has 0 bridgehead atoms. The number of pyridine rings is 1. The summed E-state index contributed by atoms with van der Waals surface area (Å²) in [7, 11) is 0. The molecule has 9 heteroatoms. The molecule has 7 rings (SSSR count). The van der Waals surface area contributed by atoms with Crippen LogP contribution in [-0.2, 0) is 4.79 Å². The van der Waals surface area contributed by atoms with Crippen molar-refractivity contribution in [2.45, 2.75) is 57.5 Å². The Morgan fingerprint density at radius 2 is 1.44 bits per heavy atom. The number of aliphatic imine (C=N–C) groups is 1. The number of piperazine rings is 1. The molecule has 3 aromatic rings. The first-order valence-electron chi connectivity index (χ1n) is 16.7. The van der Waals surface area contributed by atoms with Crippen LogP contribution in [0.2, 0.25) is 0 Å². The number of fused-ring (bicyclic) bond motifs is 1. The van der Waals surface area contributed by atoms with E-state index in [1.54, 1.807) is 0 Å². The maximum absolute atomic E-state index is 14.1. The first kappa shape index (κ1) is 29.3. The summed E-state index contributed by atoms with van der Waals surface area (Å²) in [6.45, 7) is 4.38. The summed E-state index contributed by atoms with van der Waals surface area (Å²) in [5.41, 5.74) is 5.94. The molecule has 1 unspecified atom stereocenters. The van der Waals surface area contributed by atoms with E-state index in [9.17, 15) is 9.59 Å². The van der Waals surface area contributed by atoms with E-state index >= 15 is 0 Å². The highest BCUT2D eigenvalue weighted by Crippen LogP contribution is 2.36. The third kappa shape index (κ3) is 6.53. The number of nitrogens with one attached hydrogen (secondary N) is 2. The molecule has 2 N–H and O–H groups in total. The maximum Gasteiger partial charge on any atom is 0.321 e. The van der Waals surface area contributed by atoms with E-state index < -0.39 is 12.2 Å². The van der Waals surface area contributed by atoms with E-state index in [4.69, 9.17) is 4.99 Å². The lowest BCUT2D eigenvalue weighted by Gasteiger charge is -2.37. The number of urea groups is 1. The number of hydrogen-bond donors (Lipinski definition) is 2. The monoisotopic (exact) mass is 605 g/mol. The molecule has 4 aliphatic rings. The predicted octanol–water partition coefficient (Wildman–Crippen LogP) is 6.07. The predicted molar refractivity (Wildman–Crippen MR) is 180 cm³/mol. The Morgan fingerprint density at radius 1 is 0.778 bits per heavy atom. The third-order valence-electron chi connectivity index (χ3n) is 9.96. The number of carbonyl (C=O) groups excluding carboxylic acids is 2. The van der Waals surface area contributed by atoms with E-state index in [1.165, 1.54) is 31.4 Å². The van der Waals surface area contributed by atoms with Crippen LogP contribution in [0.15, 0.2) is 78.0 Å². The lowest BCUT2D eigenvalue weighted by Crippen LogP contribution is -2.50. The average Bonchev–Trinajstić information content (AvgIpc) is 3.18. The standard InChI is InChI=1S/C36H43N7O2/c44-35-34(39-33(27-9-2-1-3-10-27)31-11-4-5-12-32(31)43(35)25-26-7-6-8-26)40-36(45)38-28-13-15-29(16-14-28)41-21-23-42(24-22-41)30-17-19-37-20-18-30/h4-5,11-20,26-27,34H,1-3,6-10,21-25H2,(H2,38,40,45). The van der Waals surface area contributed by atoms with E-state index in [0.29, 0.717) is 24.1 Å². The van der Waals surface area contributed by atoms with Crippen molar-refractivity contribution in [3.05, 3.63) is 78.6 Å². The summed E-state index contributed by atoms with van der Waals surface area (Å²) >= 11 is 0. The first-order valence-corrected chi connectivity index (χ1v) is 16.7. The summed E-state index contributed by atoms with van der Waals surface area (Å²) in [6, 6.07) is 19.8. The molecular formula is C36H43N7O2. The topological polar surface area (TPSA) is 93.2 Å². The highest BCUT2D eigenvalue weighted by molar-refractivity contribution is 6.14. The summed E-state index contributed by atoms with van der Waals surface area (Å²) < 4.78 is 0. The van der Waals surface area contributed by atoms with Crippen molar-refractivity contribution >= 4 is 40.4 Å². The molecule has 1 atom stereocenters. The molecule has 2 aromatic carbocycles. The van der Waals surface area contributed by atoms with Gasteiger partial charge in [0.25, 0.3) is 5.91 Å². The average molecular weight is 606 g/mol. The molecule has 45 heavy (non-hydrogen) atoms. The second kappa shape index (κ2) is 13.3. The Bertz CT molecular complexity index is 1510. The number of anilines is 4. The fraction of sp³-hybridized carbons (Fsp3) is 0.444. The minimum Gasteiger partial charge on any atom is -0.368 e. The number of nitrogens with zero attached hydrogens (tertiary/aromatic N) is 5. The Morgan fingerprint density at radius 3 is 2.11 bits per heavy atom. The van der Waals surface area contributed by atoms with Crippen LogP contribution >= 0.6 is 0 Å². The van der Waals surface area contributed by atoms with Crippen LogP contribution in [-0.4, -0.2) is 61.5 Å². The number of carbonyl (C=O) groups is 2. The number of aromatic nitrogens is 1. The number of benzene rings is 2. The van der Waals surface area contributed by atoms with Gasteiger partial charge in [-0.05, 0) is 74.1 Å². The van der Waals surface area contributed by atoms with Crippen LogP contribution in [0.25, 0.3) is 0 Å². The molecule has 2 saturated carbocycles. The second-order valence-corrected chi connectivity index (χ2v) is 12.8. The van der Waals surface area contributed by atoms with Crippen molar-refractivity contribution in [2.24, 2.45) is 16.8 Å².